The molecule has 1 aromatic heterocycles. The molecule has 0 bridgehead atoms. The van der Waals surface area contributed by atoms with E-state index in [9.17, 15) is 5.11 Å². The van der Waals surface area contributed by atoms with Crippen LogP contribution < -0.4 is 21.7 Å². The van der Waals surface area contributed by atoms with Crippen molar-refractivity contribution in [3.05, 3.63) is 0 Å². The van der Waals surface area contributed by atoms with Crippen molar-refractivity contribution in [1.82, 2.24) is 15.0 Å². The van der Waals surface area contributed by atoms with E-state index in [0.717, 1.165) is 12.8 Å². The van der Waals surface area contributed by atoms with Crippen molar-refractivity contribution in [3.63, 3.8) is 0 Å². The minimum atomic E-state index is -0.120. The highest BCUT2D eigenvalue weighted by Gasteiger charge is 2.23. The highest BCUT2D eigenvalue weighted by molar-refractivity contribution is 5.43. The second-order valence-electron chi connectivity index (χ2n) is 6.84. The quantitative estimate of drug-likeness (QED) is 0.268. The van der Waals surface area contributed by atoms with Crippen LogP contribution in [0.4, 0.5) is 17.8 Å². The van der Waals surface area contributed by atoms with Gasteiger partial charge in [0.15, 0.2) is 0 Å². The first-order chi connectivity index (χ1) is 13.1. The lowest BCUT2D eigenvalue weighted by atomic mass is 10.1. The molecule has 0 saturated heterocycles. The van der Waals surface area contributed by atoms with Crippen molar-refractivity contribution in [1.29, 1.82) is 0 Å². The second-order valence-corrected chi connectivity index (χ2v) is 6.84. The van der Waals surface area contributed by atoms with Crippen LogP contribution in [0.25, 0.3) is 0 Å². The zero-order chi connectivity index (χ0) is 19.5. The van der Waals surface area contributed by atoms with Crippen LogP contribution in [0.5, 0.6) is 0 Å². The summed E-state index contributed by atoms with van der Waals surface area (Å²) in [5.74, 6) is 1.70. The fraction of sp³-hybridized carbons (Fsp3) is 0.824. The van der Waals surface area contributed by atoms with Gasteiger partial charge in [0.25, 0.3) is 0 Å². The largest absolute Gasteiger partial charge is 0.394 e. The van der Waals surface area contributed by atoms with Crippen LogP contribution in [0.3, 0.4) is 0 Å². The van der Waals surface area contributed by atoms with Crippen LogP contribution in [0, 0.1) is 5.92 Å². The first-order valence-corrected chi connectivity index (χ1v) is 9.61. The molecule has 10 heteroatoms. The molecular weight excluding hydrogens is 350 g/mol. The van der Waals surface area contributed by atoms with Gasteiger partial charge in [-0.2, -0.15) is 15.0 Å². The van der Waals surface area contributed by atoms with Gasteiger partial charge in [-0.1, -0.05) is 13.8 Å². The maximum atomic E-state index is 9.53. The zero-order valence-corrected chi connectivity index (χ0v) is 16.3. The van der Waals surface area contributed by atoms with Gasteiger partial charge in [0.1, 0.15) is 0 Å². The molecule has 0 spiro atoms. The maximum Gasteiger partial charge on any atom is 0.229 e. The lowest BCUT2D eigenvalue weighted by molar-refractivity contribution is 0.0547. The lowest BCUT2D eigenvalue weighted by Gasteiger charge is -2.20. The van der Waals surface area contributed by atoms with Crippen molar-refractivity contribution < 1.29 is 14.6 Å². The molecule has 0 radical (unpaired) electrons. The SMILES string of the molecule is CC(C)[C@H](CO)Nc1nc(NCCOCCOCCN)nc(NC2CC2)n1. The van der Waals surface area contributed by atoms with Gasteiger partial charge in [0.05, 0.1) is 39.1 Å². The number of hydrogen-bond acceptors (Lipinski definition) is 10. The number of nitrogens with two attached hydrogens (primary N) is 1. The van der Waals surface area contributed by atoms with Crippen LogP contribution in [-0.2, 0) is 9.47 Å². The third-order valence-corrected chi connectivity index (χ3v) is 4.03. The molecule has 1 fully saturated rings. The van der Waals surface area contributed by atoms with E-state index in [-0.39, 0.29) is 18.6 Å². The summed E-state index contributed by atoms with van der Waals surface area (Å²) >= 11 is 0. The van der Waals surface area contributed by atoms with E-state index in [4.69, 9.17) is 15.2 Å². The van der Waals surface area contributed by atoms with Gasteiger partial charge in [-0.25, -0.2) is 0 Å². The first kappa shape index (κ1) is 21.5. The molecule has 27 heavy (non-hydrogen) atoms. The number of ether oxygens (including phenoxy) is 2. The average Bonchev–Trinajstić information content (AvgIpc) is 3.45. The Kier molecular flexibility index (Phi) is 9.46. The van der Waals surface area contributed by atoms with Crippen molar-refractivity contribution in [2.24, 2.45) is 11.7 Å². The molecule has 0 amide bonds. The molecule has 1 aromatic rings. The molecule has 1 saturated carbocycles. The van der Waals surface area contributed by atoms with Gasteiger partial charge in [0, 0.05) is 19.1 Å². The molecule has 0 unspecified atom stereocenters. The van der Waals surface area contributed by atoms with Crippen molar-refractivity contribution >= 4 is 17.8 Å². The molecule has 2 rings (SSSR count). The normalized spacial score (nSPS) is 15.0. The van der Waals surface area contributed by atoms with Crippen LogP contribution in [0.1, 0.15) is 26.7 Å². The molecule has 6 N–H and O–H groups in total. The summed E-state index contributed by atoms with van der Waals surface area (Å²) < 4.78 is 10.7. The van der Waals surface area contributed by atoms with Gasteiger partial charge >= 0.3 is 0 Å². The molecule has 1 heterocycles. The standard InChI is InChI=1S/C17H33N7O3/c1-12(2)14(11-25)21-17-23-15(22-16(24-17)20-13-3-4-13)19-6-8-27-10-9-26-7-5-18/h12-14,25H,3-11,18H2,1-2H3,(H3,19,20,21,22,23,24)/t14-/m0/s1. The fourth-order valence-electron chi connectivity index (χ4n) is 2.22. The minimum absolute atomic E-state index is 0.0115. The molecule has 10 nitrogen and oxygen atoms in total. The molecule has 1 aliphatic carbocycles. The summed E-state index contributed by atoms with van der Waals surface area (Å²) in [6.45, 7) is 7.27. The highest BCUT2D eigenvalue weighted by Crippen LogP contribution is 2.24. The van der Waals surface area contributed by atoms with E-state index in [1.54, 1.807) is 0 Å². The third-order valence-electron chi connectivity index (χ3n) is 4.03. The zero-order valence-electron chi connectivity index (χ0n) is 16.3. The van der Waals surface area contributed by atoms with Crippen molar-refractivity contribution in [2.75, 3.05) is 62.1 Å². The summed E-state index contributed by atoms with van der Waals surface area (Å²) in [4.78, 5) is 13.2. The lowest BCUT2D eigenvalue weighted by Crippen LogP contribution is -2.30. The van der Waals surface area contributed by atoms with Gasteiger partial charge < -0.3 is 36.3 Å². The number of nitrogens with one attached hydrogen (secondary N) is 3. The maximum absolute atomic E-state index is 9.53. The van der Waals surface area contributed by atoms with E-state index in [1.165, 1.54) is 0 Å². The number of hydrogen-bond donors (Lipinski definition) is 5. The number of aliphatic hydroxyl groups is 1. The number of aromatic nitrogens is 3. The molecular formula is C17H33N7O3. The predicted molar refractivity (Wildman–Crippen MR) is 105 cm³/mol. The fourth-order valence-corrected chi connectivity index (χ4v) is 2.22. The van der Waals surface area contributed by atoms with Crippen LogP contribution in [0.2, 0.25) is 0 Å². The van der Waals surface area contributed by atoms with Crippen LogP contribution in [-0.4, -0.2) is 78.3 Å². The Hall–Kier alpha value is -1.75. The number of rotatable bonds is 15. The van der Waals surface area contributed by atoms with Gasteiger partial charge in [0.2, 0.25) is 17.8 Å². The number of nitrogens with zero attached hydrogens (tertiary/aromatic N) is 3. The Bertz CT molecular complexity index is 543. The summed E-state index contributed by atoms with van der Waals surface area (Å²) in [7, 11) is 0. The minimum Gasteiger partial charge on any atom is -0.394 e. The summed E-state index contributed by atoms with van der Waals surface area (Å²) in [6.07, 6.45) is 2.26. The van der Waals surface area contributed by atoms with Crippen molar-refractivity contribution in [3.8, 4) is 0 Å². The van der Waals surface area contributed by atoms with E-state index in [2.05, 4.69) is 30.9 Å². The molecule has 1 aliphatic rings. The van der Waals surface area contributed by atoms with E-state index < -0.39 is 0 Å². The third kappa shape index (κ3) is 8.65. The molecule has 154 valence electrons. The van der Waals surface area contributed by atoms with Gasteiger partial charge in [-0.15, -0.1) is 0 Å². The summed E-state index contributed by atoms with van der Waals surface area (Å²) in [5.41, 5.74) is 5.35. The number of anilines is 3. The van der Waals surface area contributed by atoms with E-state index >= 15 is 0 Å². The Morgan fingerprint density at radius 2 is 1.70 bits per heavy atom. The van der Waals surface area contributed by atoms with E-state index in [1.807, 2.05) is 13.8 Å². The Morgan fingerprint density at radius 3 is 2.33 bits per heavy atom. The molecule has 0 aliphatic heterocycles. The second kappa shape index (κ2) is 11.9. The first-order valence-electron chi connectivity index (χ1n) is 9.61. The summed E-state index contributed by atoms with van der Waals surface area (Å²) in [5, 5.41) is 19.1. The smallest absolute Gasteiger partial charge is 0.229 e. The topological polar surface area (TPSA) is 139 Å². The Labute approximate surface area is 160 Å². The van der Waals surface area contributed by atoms with Crippen LogP contribution >= 0.6 is 0 Å². The van der Waals surface area contributed by atoms with Gasteiger partial charge in [-0.05, 0) is 18.8 Å². The van der Waals surface area contributed by atoms with Crippen LogP contribution in [0.15, 0.2) is 0 Å². The van der Waals surface area contributed by atoms with E-state index in [0.29, 0.717) is 63.4 Å². The Balaban J connectivity index is 1.84. The average molecular weight is 383 g/mol. The monoisotopic (exact) mass is 383 g/mol. The molecule has 0 aromatic carbocycles. The van der Waals surface area contributed by atoms with Gasteiger partial charge in [-0.3, -0.25) is 0 Å². The summed E-state index contributed by atoms with van der Waals surface area (Å²) in [6, 6.07) is 0.314. The Morgan fingerprint density at radius 1 is 1.04 bits per heavy atom. The highest BCUT2D eigenvalue weighted by atomic mass is 16.5. The predicted octanol–water partition coefficient (Wildman–Crippen LogP) is 0.279. The van der Waals surface area contributed by atoms with Crippen molar-refractivity contribution in [2.45, 2.75) is 38.8 Å². The number of aliphatic hydroxyl groups excluding tert-OH is 1. The molecule has 1 atom stereocenters.